The van der Waals surface area contributed by atoms with Crippen molar-refractivity contribution >= 4 is 22.3 Å². The van der Waals surface area contributed by atoms with Crippen molar-refractivity contribution in [1.29, 1.82) is 0 Å². The van der Waals surface area contributed by atoms with Gasteiger partial charge in [0.05, 0.1) is 16.3 Å². The van der Waals surface area contributed by atoms with Gasteiger partial charge in [0.1, 0.15) is 16.7 Å². The Hall–Kier alpha value is -2.35. The first-order valence-electron chi connectivity index (χ1n) is 6.48. The molecule has 4 nitrogen and oxygen atoms in total. The van der Waals surface area contributed by atoms with E-state index in [1.54, 1.807) is 13.8 Å². The Morgan fingerprint density at radius 1 is 1.26 bits per heavy atom. The van der Waals surface area contributed by atoms with Gasteiger partial charge in [0.2, 0.25) is 11.2 Å². The molecule has 3 rings (SSSR count). The lowest BCUT2D eigenvalue weighted by molar-refractivity contribution is -0.152. The van der Waals surface area contributed by atoms with Gasteiger partial charge in [0.25, 0.3) is 0 Å². The number of halogens is 3. The van der Waals surface area contributed by atoms with Gasteiger partial charge in [-0.3, -0.25) is 4.79 Å². The third-order valence-corrected chi connectivity index (χ3v) is 4.03. The number of aryl methyl sites for hydroxylation is 2. The van der Waals surface area contributed by atoms with Crippen molar-refractivity contribution in [3.05, 3.63) is 44.1 Å². The summed E-state index contributed by atoms with van der Waals surface area (Å²) < 4.78 is 44.9. The van der Waals surface area contributed by atoms with Gasteiger partial charge in [0.15, 0.2) is 0 Å². The number of hydrogen-bond acceptors (Lipinski definition) is 5. The lowest BCUT2D eigenvalue weighted by Crippen LogP contribution is -2.16. The molecule has 0 amide bonds. The summed E-state index contributed by atoms with van der Waals surface area (Å²) in [6.45, 7) is 3.19. The molecule has 23 heavy (non-hydrogen) atoms. The van der Waals surface area contributed by atoms with Crippen molar-refractivity contribution in [3.63, 3.8) is 0 Å². The Kier molecular flexibility index (Phi) is 3.44. The fourth-order valence-corrected chi connectivity index (χ4v) is 2.95. The lowest BCUT2D eigenvalue weighted by Gasteiger charge is -2.12. The maximum atomic E-state index is 13.3. The normalized spacial score (nSPS) is 12.0. The predicted molar refractivity (Wildman–Crippen MR) is 79.7 cm³/mol. The Morgan fingerprint density at radius 2 is 1.96 bits per heavy atom. The molecule has 0 spiro atoms. The van der Waals surface area contributed by atoms with Gasteiger partial charge in [-0.1, -0.05) is 0 Å². The zero-order valence-corrected chi connectivity index (χ0v) is 12.8. The number of phenolic OH excluding ortho intramolecular Hbond substituents is 1. The molecule has 0 radical (unpaired) electrons. The molecule has 0 saturated heterocycles. The van der Waals surface area contributed by atoms with Gasteiger partial charge in [-0.05, 0) is 31.5 Å². The maximum absolute atomic E-state index is 13.3. The second-order valence-electron chi connectivity index (χ2n) is 5.04. The molecule has 0 aliphatic rings. The summed E-state index contributed by atoms with van der Waals surface area (Å²) in [6.07, 6.45) is -4.86. The van der Waals surface area contributed by atoms with Crippen molar-refractivity contribution in [2.24, 2.45) is 0 Å². The van der Waals surface area contributed by atoms with Gasteiger partial charge in [-0.15, -0.1) is 11.3 Å². The number of aromatic nitrogens is 1. The average Bonchev–Trinajstić information content (AvgIpc) is 2.82. The van der Waals surface area contributed by atoms with Crippen LogP contribution >= 0.6 is 11.3 Å². The maximum Gasteiger partial charge on any atom is 0.450 e. The van der Waals surface area contributed by atoms with E-state index in [2.05, 4.69) is 4.98 Å². The minimum Gasteiger partial charge on any atom is -0.507 e. The monoisotopic (exact) mass is 341 g/mol. The zero-order chi connectivity index (χ0) is 16.9. The first-order chi connectivity index (χ1) is 10.7. The van der Waals surface area contributed by atoms with E-state index in [9.17, 15) is 23.1 Å². The summed E-state index contributed by atoms with van der Waals surface area (Å²) in [5.74, 6) is -1.83. The second-order valence-corrected chi connectivity index (χ2v) is 6.10. The summed E-state index contributed by atoms with van der Waals surface area (Å²) in [6, 6.07) is 2.57. The van der Waals surface area contributed by atoms with Crippen LogP contribution in [0.2, 0.25) is 0 Å². The van der Waals surface area contributed by atoms with Crippen LogP contribution in [0.25, 0.3) is 22.2 Å². The van der Waals surface area contributed by atoms with Crippen molar-refractivity contribution in [3.8, 4) is 17.0 Å². The Balaban J connectivity index is 2.50. The molecule has 0 atom stereocenters. The van der Waals surface area contributed by atoms with Crippen LogP contribution < -0.4 is 5.43 Å². The number of hydrogen-bond donors (Lipinski definition) is 1. The molecule has 3 aromatic rings. The van der Waals surface area contributed by atoms with Crippen LogP contribution in [0.5, 0.6) is 5.75 Å². The third kappa shape index (κ3) is 2.59. The van der Waals surface area contributed by atoms with Gasteiger partial charge in [-0.25, -0.2) is 4.98 Å². The predicted octanol–water partition coefficient (Wildman–Crippen LogP) is 4.26. The molecule has 0 saturated carbocycles. The number of rotatable bonds is 1. The zero-order valence-electron chi connectivity index (χ0n) is 12.0. The summed E-state index contributed by atoms with van der Waals surface area (Å²) in [5.41, 5.74) is -1.59. The molecule has 0 bridgehead atoms. The fourth-order valence-electron chi connectivity index (χ4n) is 2.34. The Morgan fingerprint density at radius 3 is 2.52 bits per heavy atom. The van der Waals surface area contributed by atoms with Crippen LogP contribution in [0.1, 0.15) is 16.3 Å². The van der Waals surface area contributed by atoms with Crippen LogP contribution in [0, 0.1) is 13.8 Å². The van der Waals surface area contributed by atoms with Gasteiger partial charge in [-0.2, -0.15) is 13.2 Å². The minimum absolute atomic E-state index is 0.115. The Bertz CT molecular complexity index is 972. The number of aromatic hydroxyl groups is 1. The summed E-state index contributed by atoms with van der Waals surface area (Å²) >= 11 is 1.12. The van der Waals surface area contributed by atoms with Crippen LogP contribution in [0.15, 0.2) is 26.7 Å². The molecule has 0 unspecified atom stereocenters. The molecule has 2 heterocycles. The standard InChI is InChI=1S/C15H10F3NO3S/c1-6-3-9(20)12-10(4-6)22-14(15(16,17)18)11(13(12)21)8-5-23-7(2)19-8/h3-5,20H,1-2H3. The smallest absolute Gasteiger partial charge is 0.450 e. The van der Waals surface area contributed by atoms with Crippen LogP contribution in [-0.4, -0.2) is 10.1 Å². The number of nitrogens with zero attached hydrogens (tertiary/aromatic N) is 1. The van der Waals surface area contributed by atoms with E-state index >= 15 is 0 Å². The molecule has 1 N–H and O–H groups in total. The number of alkyl halides is 3. The molecule has 2 aromatic heterocycles. The number of fused-ring (bicyclic) bond motifs is 1. The SMILES string of the molecule is Cc1cc(O)c2c(=O)c(-c3csc(C)n3)c(C(F)(F)F)oc2c1. The van der Waals surface area contributed by atoms with E-state index in [1.165, 1.54) is 17.5 Å². The average molecular weight is 341 g/mol. The number of phenols is 1. The number of thiazole rings is 1. The van der Waals surface area contributed by atoms with Crippen molar-refractivity contribution in [2.45, 2.75) is 20.0 Å². The molecule has 8 heteroatoms. The largest absolute Gasteiger partial charge is 0.507 e. The van der Waals surface area contributed by atoms with Crippen molar-refractivity contribution in [1.82, 2.24) is 4.98 Å². The van der Waals surface area contributed by atoms with Crippen molar-refractivity contribution in [2.75, 3.05) is 0 Å². The van der Waals surface area contributed by atoms with E-state index < -0.39 is 28.7 Å². The molecular weight excluding hydrogens is 331 g/mol. The summed E-state index contributed by atoms with van der Waals surface area (Å²) in [5, 5.41) is 11.5. The molecular formula is C15H10F3NO3S. The molecule has 1 aromatic carbocycles. The lowest BCUT2D eigenvalue weighted by atomic mass is 10.1. The van der Waals surface area contributed by atoms with Gasteiger partial charge in [0, 0.05) is 5.38 Å². The molecule has 120 valence electrons. The minimum atomic E-state index is -4.86. The highest BCUT2D eigenvalue weighted by Gasteiger charge is 2.40. The van der Waals surface area contributed by atoms with E-state index in [-0.39, 0.29) is 16.7 Å². The van der Waals surface area contributed by atoms with E-state index in [4.69, 9.17) is 4.42 Å². The van der Waals surface area contributed by atoms with E-state index in [0.29, 0.717) is 10.6 Å². The Labute approximate surface area is 131 Å². The van der Waals surface area contributed by atoms with E-state index in [0.717, 1.165) is 11.3 Å². The highest BCUT2D eigenvalue weighted by atomic mass is 32.1. The molecule has 0 fully saturated rings. The third-order valence-electron chi connectivity index (χ3n) is 3.25. The first kappa shape index (κ1) is 15.5. The van der Waals surface area contributed by atoms with Crippen LogP contribution in [0.4, 0.5) is 13.2 Å². The quantitative estimate of drug-likeness (QED) is 0.718. The molecule has 0 aliphatic carbocycles. The summed E-state index contributed by atoms with van der Waals surface area (Å²) in [7, 11) is 0. The van der Waals surface area contributed by atoms with Crippen LogP contribution in [0.3, 0.4) is 0 Å². The first-order valence-corrected chi connectivity index (χ1v) is 7.36. The number of benzene rings is 1. The van der Waals surface area contributed by atoms with Crippen LogP contribution in [-0.2, 0) is 6.18 Å². The van der Waals surface area contributed by atoms with Crippen molar-refractivity contribution < 1.29 is 22.7 Å². The second kappa shape index (κ2) is 5.09. The molecule has 0 aliphatic heterocycles. The highest BCUT2D eigenvalue weighted by molar-refractivity contribution is 7.09. The van der Waals surface area contributed by atoms with E-state index in [1.807, 2.05) is 0 Å². The topological polar surface area (TPSA) is 63.3 Å². The summed E-state index contributed by atoms with van der Waals surface area (Å²) in [4.78, 5) is 16.5. The van der Waals surface area contributed by atoms with Gasteiger partial charge < -0.3 is 9.52 Å². The fraction of sp³-hybridized carbons (Fsp3) is 0.200. The van der Waals surface area contributed by atoms with Gasteiger partial charge >= 0.3 is 6.18 Å². The highest BCUT2D eigenvalue weighted by Crippen LogP contribution is 2.38.